The number of benzene rings is 1. The molecule has 2 fully saturated rings. The lowest BCUT2D eigenvalue weighted by atomic mass is 9.87. The first kappa shape index (κ1) is 14.7. The number of aryl methyl sites for hydroxylation is 1. The Bertz CT molecular complexity index is 601. The number of esters is 1. The van der Waals surface area contributed by atoms with Crippen molar-refractivity contribution in [2.45, 2.75) is 24.9 Å². The highest BCUT2D eigenvalue weighted by Crippen LogP contribution is 2.34. The number of ether oxygens (including phenoxy) is 1. The number of nitrogens with one attached hydrogen (secondary N) is 2. The number of hydrogen-bond acceptors (Lipinski definition) is 5. The van der Waals surface area contributed by atoms with Gasteiger partial charge in [-0.1, -0.05) is 30.3 Å². The maximum atomic E-state index is 12.0. The van der Waals surface area contributed by atoms with Gasteiger partial charge in [0.2, 0.25) is 11.8 Å². The summed E-state index contributed by atoms with van der Waals surface area (Å²) in [7, 11) is 1.28. The molecule has 2 aliphatic heterocycles. The second-order valence-electron chi connectivity index (χ2n) is 5.70. The van der Waals surface area contributed by atoms with Crippen LogP contribution in [0.1, 0.15) is 12.0 Å². The zero-order valence-electron chi connectivity index (χ0n) is 12.2. The maximum Gasteiger partial charge on any atom is 0.323 e. The van der Waals surface area contributed by atoms with E-state index in [-0.39, 0.29) is 17.9 Å². The maximum absolute atomic E-state index is 12.0. The van der Waals surface area contributed by atoms with E-state index in [0.717, 1.165) is 12.0 Å². The highest BCUT2D eigenvalue weighted by Gasteiger charge is 2.57. The first-order valence-corrected chi connectivity index (χ1v) is 7.34. The average Bonchev–Trinajstić information content (AvgIpc) is 3.05. The minimum Gasteiger partial charge on any atom is -0.468 e. The van der Waals surface area contributed by atoms with Crippen molar-refractivity contribution >= 4 is 17.8 Å². The standard InChI is InChI=1S/C16H18N2O4/c1-22-16(21)13-12-11(14(19)18-15(12)20)10(17-13)8-7-9-5-3-2-4-6-9/h2-6,10-13,17H,7-8H2,1H3,(H,18,19,20)/t10-,11-,12-,13-/m1/s1. The molecule has 0 aromatic heterocycles. The molecule has 3 rings (SSSR count). The largest absolute Gasteiger partial charge is 0.468 e. The Morgan fingerprint density at radius 1 is 1.14 bits per heavy atom. The van der Waals surface area contributed by atoms with E-state index in [4.69, 9.17) is 4.74 Å². The van der Waals surface area contributed by atoms with Gasteiger partial charge in [-0.25, -0.2) is 0 Å². The third kappa shape index (κ3) is 2.50. The Labute approximate surface area is 128 Å². The van der Waals surface area contributed by atoms with Crippen LogP contribution in [0.3, 0.4) is 0 Å². The lowest BCUT2D eigenvalue weighted by Crippen LogP contribution is -2.44. The lowest BCUT2D eigenvalue weighted by Gasteiger charge is -2.16. The van der Waals surface area contributed by atoms with Crippen LogP contribution in [-0.2, 0) is 25.5 Å². The zero-order chi connectivity index (χ0) is 15.7. The molecule has 6 nitrogen and oxygen atoms in total. The Morgan fingerprint density at radius 3 is 2.50 bits per heavy atom. The van der Waals surface area contributed by atoms with E-state index in [1.54, 1.807) is 0 Å². The highest BCUT2D eigenvalue weighted by molar-refractivity contribution is 6.08. The molecule has 2 amide bonds. The van der Waals surface area contributed by atoms with Crippen LogP contribution in [-0.4, -0.2) is 37.0 Å². The zero-order valence-corrected chi connectivity index (χ0v) is 12.2. The van der Waals surface area contributed by atoms with Crippen LogP contribution in [0.4, 0.5) is 0 Å². The number of methoxy groups -OCH3 is 1. The van der Waals surface area contributed by atoms with Crippen molar-refractivity contribution in [2.24, 2.45) is 11.8 Å². The quantitative estimate of drug-likeness (QED) is 0.605. The molecule has 2 saturated heterocycles. The van der Waals surface area contributed by atoms with E-state index in [2.05, 4.69) is 10.6 Å². The fraction of sp³-hybridized carbons (Fsp3) is 0.438. The second-order valence-corrected chi connectivity index (χ2v) is 5.70. The molecule has 0 bridgehead atoms. The molecule has 22 heavy (non-hydrogen) atoms. The minimum absolute atomic E-state index is 0.208. The number of carbonyl (C=O) groups is 3. The Morgan fingerprint density at radius 2 is 1.82 bits per heavy atom. The molecule has 116 valence electrons. The molecule has 1 aromatic rings. The van der Waals surface area contributed by atoms with Gasteiger partial charge >= 0.3 is 5.97 Å². The van der Waals surface area contributed by atoms with Gasteiger partial charge in [0.05, 0.1) is 18.9 Å². The molecule has 2 aliphatic rings. The van der Waals surface area contributed by atoms with Gasteiger partial charge in [-0.3, -0.25) is 19.7 Å². The first-order chi connectivity index (χ1) is 10.6. The van der Waals surface area contributed by atoms with E-state index in [0.29, 0.717) is 6.42 Å². The third-order valence-electron chi connectivity index (χ3n) is 4.47. The van der Waals surface area contributed by atoms with Gasteiger partial charge in [0.15, 0.2) is 0 Å². The van der Waals surface area contributed by atoms with E-state index in [1.165, 1.54) is 7.11 Å². The first-order valence-electron chi connectivity index (χ1n) is 7.34. The Hall–Kier alpha value is -2.21. The van der Waals surface area contributed by atoms with E-state index in [1.807, 2.05) is 30.3 Å². The van der Waals surface area contributed by atoms with Crippen molar-refractivity contribution in [2.75, 3.05) is 7.11 Å². The summed E-state index contributed by atoms with van der Waals surface area (Å²) in [5.74, 6) is -2.35. The topological polar surface area (TPSA) is 84.5 Å². The van der Waals surface area contributed by atoms with Gasteiger partial charge in [-0.15, -0.1) is 0 Å². The van der Waals surface area contributed by atoms with Crippen LogP contribution in [0, 0.1) is 11.8 Å². The monoisotopic (exact) mass is 302 g/mol. The van der Waals surface area contributed by atoms with Gasteiger partial charge in [0, 0.05) is 6.04 Å². The number of amides is 2. The molecule has 2 N–H and O–H groups in total. The summed E-state index contributed by atoms with van der Waals surface area (Å²) in [4.78, 5) is 35.8. The number of imide groups is 1. The normalized spacial score (nSPS) is 30.0. The summed E-state index contributed by atoms with van der Waals surface area (Å²) in [6.45, 7) is 0. The van der Waals surface area contributed by atoms with Crippen molar-refractivity contribution in [3.8, 4) is 0 Å². The molecule has 4 atom stereocenters. The van der Waals surface area contributed by atoms with E-state index < -0.39 is 23.8 Å². The van der Waals surface area contributed by atoms with Crippen LogP contribution in [0.2, 0.25) is 0 Å². The highest BCUT2D eigenvalue weighted by atomic mass is 16.5. The number of hydrogen-bond donors (Lipinski definition) is 2. The Balaban J connectivity index is 1.75. The second kappa shape index (κ2) is 5.88. The molecule has 0 aliphatic carbocycles. The molecule has 0 saturated carbocycles. The summed E-state index contributed by atoms with van der Waals surface area (Å²) >= 11 is 0. The Kier molecular flexibility index (Phi) is 3.94. The van der Waals surface area contributed by atoms with Crippen LogP contribution < -0.4 is 10.6 Å². The number of carbonyl (C=O) groups excluding carboxylic acids is 3. The third-order valence-corrected chi connectivity index (χ3v) is 4.47. The van der Waals surface area contributed by atoms with Crippen molar-refractivity contribution in [1.29, 1.82) is 0 Å². The summed E-state index contributed by atoms with van der Waals surface area (Å²) in [6, 6.07) is 8.95. The number of fused-ring (bicyclic) bond motifs is 1. The predicted octanol–water partition coefficient (Wildman–Crippen LogP) is 0.0214. The summed E-state index contributed by atoms with van der Waals surface area (Å²) in [5.41, 5.74) is 1.16. The van der Waals surface area contributed by atoms with Crippen molar-refractivity contribution < 1.29 is 19.1 Å². The average molecular weight is 302 g/mol. The summed E-state index contributed by atoms with van der Waals surface area (Å²) in [5, 5.41) is 5.45. The molecular weight excluding hydrogens is 284 g/mol. The van der Waals surface area contributed by atoms with E-state index >= 15 is 0 Å². The van der Waals surface area contributed by atoms with Crippen LogP contribution >= 0.6 is 0 Å². The molecule has 6 heteroatoms. The van der Waals surface area contributed by atoms with Crippen molar-refractivity contribution in [1.82, 2.24) is 10.6 Å². The van der Waals surface area contributed by atoms with Gasteiger partial charge in [-0.05, 0) is 18.4 Å². The fourth-order valence-electron chi connectivity index (χ4n) is 3.42. The van der Waals surface area contributed by atoms with Crippen LogP contribution in [0.25, 0.3) is 0 Å². The van der Waals surface area contributed by atoms with Crippen LogP contribution in [0.5, 0.6) is 0 Å². The minimum atomic E-state index is -0.748. The molecule has 0 unspecified atom stereocenters. The van der Waals surface area contributed by atoms with Gasteiger partial charge in [-0.2, -0.15) is 0 Å². The molecule has 2 heterocycles. The van der Waals surface area contributed by atoms with Crippen molar-refractivity contribution in [3.63, 3.8) is 0 Å². The van der Waals surface area contributed by atoms with Gasteiger partial charge in [0.25, 0.3) is 0 Å². The summed E-state index contributed by atoms with van der Waals surface area (Å²) < 4.78 is 4.74. The van der Waals surface area contributed by atoms with Gasteiger partial charge < -0.3 is 10.1 Å². The SMILES string of the molecule is COC(=O)[C@@H]1N[C@H](CCc2ccccc2)[C@H]2C(=O)NC(=O)[C@H]21. The van der Waals surface area contributed by atoms with E-state index in [9.17, 15) is 14.4 Å². The van der Waals surface area contributed by atoms with Crippen LogP contribution in [0.15, 0.2) is 30.3 Å². The fourth-order valence-corrected chi connectivity index (χ4v) is 3.42. The molecular formula is C16H18N2O4. The van der Waals surface area contributed by atoms with Gasteiger partial charge in [0.1, 0.15) is 6.04 Å². The predicted molar refractivity (Wildman–Crippen MR) is 77.6 cm³/mol. The summed E-state index contributed by atoms with van der Waals surface area (Å²) in [6.07, 6.45) is 1.45. The molecule has 1 aromatic carbocycles. The smallest absolute Gasteiger partial charge is 0.323 e. The molecule has 0 spiro atoms. The number of rotatable bonds is 4. The molecule has 0 radical (unpaired) electrons. The van der Waals surface area contributed by atoms with Crippen molar-refractivity contribution in [3.05, 3.63) is 35.9 Å². The lowest BCUT2D eigenvalue weighted by molar-refractivity contribution is -0.145.